The molecule has 4 nitrogen and oxygen atoms in total. The minimum atomic E-state index is -0.774. The third-order valence-electron chi connectivity index (χ3n) is 2.68. The van der Waals surface area contributed by atoms with Crippen molar-refractivity contribution < 1.29 is 9.90 Å². The Balaban J connectivity index is 2.24. The van der Waals surface area contributed by atoms with Gasteiger partial charge in [0.2, 0.25) is 0 Å². The average Bonchev–Trinajstić information content (AvgIpc) is 2.66. The van der Waals surface area contributed by atoms with Crippen LogP contribution in [0.3, 0.4) is 0 Å². The van der Waals surface area contributed by atoms with Crippen molar-refractivity contribution in [3.8, 4) is 0 Å². The fourth-order valence-corrected chi connectivity index (χ4v) is 2.48. The van der Waals surface area contributed by atoms with Crippen molar-refractivity contribution in [1.82, 2.24) is 4.98 Å². The quantitative estimate of drug-likeness (QED) is 0.887. The van der Waals surface area contributed by atoms with Crippen molar-refractivity contribution in [2.75, 3.05) is 18.0 Å². The van der Waals surface area contributed by atoms with Crippen molar-refractivity contribution in [1.29, 1.82) is 0 Å². The Morgan fingerprint density at radius 3 is 2.56 bits per heavy atom. The lowest BCUT2D eigenvalue weighted by Gasteiger charge is -2.20. The molecule has 86 valence electrons. The maximum absolute atomic E-state index is 10.8. The van der Waals surface area contributed by atoms with E-state index in [2.05, 4.69) is 4.98 Å². The summed E-state index contributed by atoms with van der Waals surface area (Å²) in [7, 11) is 0. The van der Waals surface area contributed by atoms with Crippen LogP contribution in [0.1, 0.15) is 6.42 Å². The van der Waals surface area contributed by atoms with E-state index >= 15 is 0 Å². The largest absolute Gasteiger partial charge is 0.481 e. The van der Waals surface area contributed by atoms with Crippen LogP contribution in [0.15, 0.2) is 12.4 Å². The molecule has 0 bridgehead atoms. The molecule has 1 aromatic rings. The Morgan fingerprint density at radius 1 is 1.44 bits per heavy atom. The highest BCUT2D eigenvalue weighted by molar-refractivity contribution is 6.38. The van der Waals surface area contributed by atoms with E-state index in [1.165, 1.54) is 12.4 Å². The summed E-state index contributed by atoms with van der Waals surface area (Å²) in [6, 6.07) is 0. The van der Waals surface area contributed by atoms with E-state index in [-0.39, 0.29) is 5.92 Å². The summed E-state index contributed by atoms with van der Waals surface area (Å²) < 4.78 is 0. The number of carbonyl (C=O) groups is 1. The van der Waals surface area contributed by atoms with E-state index in [9.17, 15) is 4.79 Å². The van der Waals surface area contributed by atoms with Gasteiger partial charge in [0.15, 0.2) is 0 Å². The van der Waals surface area contributed by atoms with Gasteiger partial charge in [-0.25, -0.2) is 0 Å². The highest BCUT2D eigenvalue weighted by Crippen LogP contribution is 2.35. The van der Waals surface area contributed by atoms with Gasteiger partial charge in [0.25, 0.3) is 0 Å². The van der Waals surface area contributed by atoms with Gasteiger partial charge >= 0.3 is 5.97 Å². The molecule has 1 aliphatic heterocycles. The summed E-state index contributed by atoms with van der Waals surface area (Å²) in [5.74, 6) is -1.12. The van der Waals surface area contributed by atoms with Gasteiger partial charge in [-0.3, -0.25) is 9.78 Å². The van der Waals surface area contributed by atoms with Crippen LogP contribution in [0.5, 0.6) is 0 Å². The Bertz CT molecular complexity index is 405. The molecule has 1 atom stereocenters. The van der Waals surface area contributed by atoms with E-state index in [1.54, 1.807) is 0 Å². The van der Waals surface area contributed by atoms with E-state index in [4.69, 9.17) is 28.3 Å². The standard InChI is InChI=1S/C10H10Cl2N2O2/c11-7-3-13-4-8(12)9(7)14-2-1-6(5-14)10(15)16/h3-4,6H,1-2,5H2,(H,15,16)/t6-/m0/s1. The van der Waals surface area contributed by atoms with Crippen molar-refractivity contribution in [3.63, 3.8) is 0 Å². The lowest BCUT2D eigenvalue weighted by Crippen LogP contribution is -2.23. The molecule has 2 heterocycles. The smallest absolute Gasteiger partial charge is 0.308 e. The minimum absolute atomic E-state index is 0.347. The summed E-state index contributed by atoms with van der Waals surface area (Å²) in [4.78, 5) is 16.6. The van der Waals surface area contributed by atoms with Gasteiger partial charge in [0, 0.05) is 25.5 Å². The lowest BCUT2D eigenvalue weighted by molar-refractivity contribution is -0.140. The molecule has 0 saturated carbocycles. The molecular formula is C10H10Cl2N2O2. The molecule has 1 N–H and O–H groups in total. The molecule has 1 aromatic heterocycles. The van der Waals surface area contributed by atoms with E-state index in [0.717, 1.165) is 0 Å². The van der Waals surface area contributed by atoms with E-state index in [0.29, 0.717) is 35.2 Å². The zero-order valence-corrected chi connectivity index (χ0v) is 9.87. The molecule has 0 unspecified atom stereocenters. The third-order valence-corrected chi connectivity index (χ3v) is 3.24. The van der Waals surface area contributed by atoms with Crippen LogP contribution in [-0.4, -0.2) is 29.1 Å². The van der Waals surface area contributed by atoms with Gasteiger partial charge in [-0.1, -0.05) is 23.2 Å². The van der Waals surface area contributed by atoms with Crippen LogP contribution >= 0.6 is 23.2 Å². The highest BCUT2D eigenvalue weighted by atomic mass is 35.5. The van der Waals surface area contributed by atoms with Crippen molar-refractivity contribution >= 4 is 34.9 Å². The van der Waals surface area contributed by atoms with Gasteiger partial charge in [0.05, 0.1) is 21.7 Å². The maximum Gasteiger partial charge on any atom is 0.308 e. The summed E-state index contributed by atoms with van der Waals surface area (Å²) in [6.45, 7) is 1.10. The first-order chi connectivity index (χ1) is 7.59. The molecule has 0 aromatic carbocycles. The predicted octanol–water partition coefficient (Wildman–Crippen LogP) is 2.30. The molecular weight excluding hydrogens is 251 g/mol. The summed E-state index contributed by atoms with van der Waals surface area (Å²) in [5, 5.41) is 9.83. The average molecular weight is 261 g/mol. The molecule has 1 aliphatic rings. The normalized spacial score (nSPS) is 20.1. The predicted molar refractivity (Wildman–Crippen MR) is 62.2 cm³/mol. The highest BCUT2D eigenvalue weighted by Gasteiger charge is 2.30. The fourth-order valence-electron chi connectivity index (χ4n) is 1.87. The van der Waals surface area contributed by atoms with Crippen LogP contribution in [0.2, 0.25) is 10.0 Å². The van der Waals surface area contributed by atoms with E-state index in [1.807, 2.05) is 4.90 Å². The molecule has 0 amide bonds. The lowest BCUT2D eigenvalue weighted by atomic mass is 10.1. The Hall–Kier alpha value is -1.00. The number of carboxylic acids is 1. The second-order valence-corrected chi connectivity index (χ2v) is 4.54. The van der Waals surface area contributed by atoms with Crippen molar-refractivity contribution in [3.05, 3.63) is 22.4 Å². The fraction of sp³-hybridized carbons (Fsp3) is 0.400. The van der Waals surface area contributed by atoms with Crippen LogP contribution in [-0.2, 0) is 4.79 Å². The Kier molecular flexibility index (Phi) is 3.21. The molecule has 0 spiro atoms. The van der Waals surface area contributed by atoms with Gasteiger partial charge in [-0.15, -0.1) is 0 Å². The van der Waals surface area contributed by atoms with Crippen LogP contribution < -0.4 is 4.90 Å². The number of carboxylic acid groups (broad SMARTS) is 1. The molecule has 6 heteroatoms. The molecule has 2 rings (SSSR count). The second-order valence-electron chi connectivity index (χ2n) is 3.72. The topological polar surface area (TPSA) is 53.4 Å². The van der Waals surface area contributed by atoms with Crippen LogP contribution in [0.4, 0.5) is 5.69 Å². The number of rotatable bonds is 2. The summed E-state index contributed by atoms with van der Waals surface area (Å²) >= 11 is 12.0. The minimum Gasteiger partial charge on any atom is -0.481 e. The molecule has 0 radical (unpaired) electrons. The number of aromatic nitrogens is 1. The summed E-state index contributed by atoms with van der Waals surface area (Å²) in [6.07, 6.45) is 3.64. The molecule has 1 fully saturated rings. The van der Waals surface area contributed by atoms with Gasteiger partial charge < -0.3 is 10.0 Å². The number of anilines is 1. The number of halogens is 2. The van der Waals surface area contributed by atoms with Gasteiger partial charge in [-0.2, -0.15) is 0 Å². The first kappa shape index (κ1) is 11.5. The van der Waals surface area contributed by atoms with Crippen molar-refractivity contribution in [2.24, 2.45) is 5.92 Å². The van der Waals surface area contributed by atoms with E-state index < -0.39 is 5.97 Å². The number of hydrogen-bond acceptors (Lipinski definition) is 3. The number of hydrogen-bond donors (Lipinski definition) is 1. The third kappa shape index (κ3) is 2.08. The number of aliphatic carboxylic acids is 1. The number of nitrogens with zero attached hydrogens (tertiary/aromatic N) is 2. The zero-order chi connectivity index (χ0) is 11.7. The maximum atomic E-state index is 10.8. The molecule has 1 saturated heterocycles. The first-order valence-electron chi connectivity index (χ1n) is 4.86. The van der Waals surface area contributed by atoms with Gasteiger partial charge in [0.1, 0.15) is 0 Å². The van der Waals surface area contributed by atoms with Crippen LogP contribution in [0.25, 0.3) is 0 Å². The summed E-state index contributed by atoms with van der Waals surface area (Å²) in [5.41, 5.74) is 0.682. The second kappa shape index (κ2) is 4.47. The number of pyridine rings is 1. The monoisotopic (exact) mass is 260 g/mol. The Labute approximate surface area is 103 Å². The zero-order valence-electron chi connectivity index (χ0n) is 8.36. The SMILES string of the molecule is O=C(O)[C@H]1CCN(c2c(Cl)cncc2Cl)C1. The molecule has 0 aliphatic carbocycles. The molecule has 16 heavy (non-hydrogen) atoms. The Morgan fingerprint density at radius 2 is 2.06 bits per heavy atom. The van der Waals surface area contributed by atoms with Gasteiger partial charge in [-0.05, 0) is 6.42 Å². The van der Waals surface area contributed by atoms with Crippen LogP contribution in [0, 0.1) is 5.92 Å². The first-order valence-corrected chi connectivity index (χ1v) is 5.62. The van der Waals surface area contributed by atoms with Crippen molar-refractivity contribution in [2.45, 2.75) is 6.42 Å².